The zero-order chi connectivity index (χ0) is 13.8. The molecule has 0 bridgehead atoms. The van der Waals surface area contributed by atoms with E-state index < -0.39 is 0 Å². The molecule has 0 saturated heterocycles. The Labute approximate surface area is 114 Å². The fourth-order valence-corrected chi connectivity index (χ4v) is 1.94. The van der Waals surface area contributed by atoms with Crippen LogP contribution in [-0.2, 0) is 0 Å². The molecule has 0 aliphatic rings. The lowest BCUT2D eigenvalue weighted by atomic mass is 10.0. The van der Waals surface area contributed by atoms with Gasteiger partial charge in [0.25, 0.3) is 0 Å². The van der Waals surface area contributed by atoms with E-state index in [0.717, 1.165) is 22.5 Å². The normalized spacial score (nSPS) is 11.4. The molecule has 0 radical (unpaired) electrons. The fourth-order valence-electron chi connectivity index (χ4n) is 1.94. The summed E-state index contributed by atoms with van der Waals surface area (Å²) in [5.74, 6) is 5.55. The predicted octanol–water partition coefficient (Wildman–Crippen LogP) is 2.77. The molecule has 0 aliphatic carbocycles. The van der Waals surface area contributed by atoms with Crippen molar-refractivity contribution in [2.24, 2.45) is 10.9 Å². The van der Waals surface area contributed by atoms with Gasteiger partial charge < -0.3 is 10.7 Å². The van der Waals surface area contributed by atoms with E-state index in [1.807, 2.05) is 38.4 Å². The first kappa shape index (κ1) is 13.1. The Bertz CT molecular complexity index is 566. The molecule has 0 amide bonds. The molecule has 98 valence electrons. The third-order valence-electron chi connectivity index (χ3n) is 3.11. The number of rotatable bonds is 3. The monoisotopic (exact) mass is 253 g/mol. The molecule has 0 spiro atoms. The molecule has 2 rings (SSSR count). The van der Waals surface area contributed by atoms with Crippen molar-refractivity contribution in [1.82, 2.24) is 0 Å². The molecule has 0 aliphatic heterocycles. The van der Waals surface area contributed by atoms with Crippen LogP contribution in [0.15, 0.2) is 53.6 Å². The van der Waals surface area contributed by atoms with E-state index in [-0.39, 0.29) is 0 Å². The number of anilines is 1. The second-order valence-corrected chi connectivity index (χ2v) is 4.79. The molecule has 0 heterocycles. The van der Waals surface area contributed by atoms with E-state index in [9.17, 15) is 0 Å². The zero-order valence-corrected chi connectivity index (χ0v) is 11.6. The second-order valence-electron chi connectivity index (χ2n) is 4.79. The Morgan fingerprint density at radius 3 is 1.79 bits per heavy atom. The lowest BCUT2D eigenvalue weighted by Crippen LogP contribution is -2.10. The van der Waals surface area contributed by atoms with Gasteiger partial charge in [0, 0.05) is 30.9 Å². The van der Waals surface area contributed by atoms with Gasteiger partial charge in [-0.2, -0.15) is 5.10 Å². The molecule has 2 aromatic rings. The van der Waals surface area contributed by atoms with E-state index in [0.29, 0.717) is 0 Å². The van der Waals surface area contributed by atoms with E-state index in [4.69, 9.17) is 5.84 Å². The molecule has 2 aromatic carbocycles. The van der Waals surface area contributed by atoms with E-state index in [2.05, 4.69) is 41.2 Å². The van der Waals surface area contributed by atoms with Crippen LogP contribution in [0.2, 0.25) is 0 Å². The number of nitrogens with zero attached hydrogens (tertiary/aromatic N) is 2. The summed E-state index contributed by atoms with van der Waals surface area (Å²) in [5, 5.41) is 3.94. The first-order valence-electron chi connectivity index (χ1n) is 6.24. The Morgan fingerprint density at radius 1 is 0.895 bits per heavy atom. The summed E-state index contributed by atoms with van der Waals surface area (Å²) in [6.07, 6.45) is 0. The molecule has 0 unspecified atom stereocenters. The van der Waals surface area contributed by atoms with E-state index in [1.165, 1.54) is 5.56 Å². The molecule has 0 saturated carbocycles. The quantitative estimate of drug-likeness (QED) is 0.519. The van der Waals surface area contributed by atoms with Crippen LogP contribution in [0.4, 0.5) is 5.69 Å². The Hall–Kier alpha value is -2.29. The summed E-state index contributed by atoms with van der Waals surface area (Å²) < 4.78 is 0. The number of hydrogen-bond acceptors (Lipinski definition) is 3. The summed E-state index contributed by atoms with van der Waals surface area (Å²) >= 11 is 0. The third-order valence-corrected chi connectivity index (χ3v) is 3.11. The first-order chi connectivity index (χ1) is 9.11. The first-order valence-corrected chi connectivity index (χ1v) is 6.24. The highest BCUT2D eigenvalue weighted by atomic mass is 15.1. The number of benzene rings is 2. The molecular weight excluding hydrogens is 234 g/mol. The average Bonchev–Trinajstić information content (AvgIpc) is 2.42. The number of hydrogen-bond donors (Lipinski definition) is 1. The average molecular weight is 253 g/mol. The minimum Gasteiger partial charge on any atom is -0.378 e. The zero-order valence-electron chi connectivity index (χ0n) is 11.6. The van der Waals surface area contributed by atoms with Gasteiger partial charge in [-0.25, -0.2) is 0 Å². The van der Waals surface area contributed by atoms with Crippen LogP contribution in [0.3, 0.4) is 0 Å². The molecule has 3 heteroatoms. The summed E-state index contributed by atoms with van der Waals surface area (Å²) in [7, 11) is 4.04. The summed E-state index contributed by atoms with van der Waals surface area (Å²) in [6.45, 7) is 2.06. The van der Waals surface area contributed by atoms with Crippen molar-refractivity contribution < 1.29 is 0 Å². The van der Waals surface area contributed by atoms with Crippen molar-refractivity contribution in [3.8, 4) is 0 Å². The van der Waals surface area contributed by atoms with Gasteiger partial charge in [0.2, 0.25) is 0 Å². The van der Waals surface area contributed by atoms with Gasteiger partial charge in [0.05, 0.1) is 5.71 Å². The van der Waals surface area contributed by atoms with Crippen molar-refractivity contribution >= 4 is 11.4 Å². The van der Waals surface area contributed by atoms with Crippen LogP contribution in [0, 0.1) is 6.92 Å². The van der Waals surface area contributed by atoms with Crippen LogP contribution in [0.25, 0.3) is 0 Å². The number of nitrogens with two attached hydrogens (primary N) is 1. The van der Waals surface area contributed by atoms with Crippen molar-refractivity contribution in [1.29, 1.82) is 0 Å². The van der Waals surface area contributed by atoms with Crippen molar-refractivity contribution in [3.05, 3.63) is 65.2 Å². The molecule has 0 atom stereocenters. The molecule has 0 aromatic heterocycles. The maximum Gasteiger partial charge on any atom is 0.0971 e. The van der Waals surface area contributed by atoms with Crippen molar-refractivity contribution in [3.63, 3.8) is 0 Å². The van der Waals surface area contributed by atoms with Crippen LogP contribution in [0.1, 0.15) is 16.7 Å². The van der Waals surface area contributed by atoms with E-state index in [1.54, 1.807) is 0 Å². The predicted molar refractivity (Wildman–Crippen MR) is 81.8 cm³/mol. The van der Waals surface area contributed by atoms with Gasteiger partial charge >= 0.3 is 0 Å². The summed E-state index contributed by atoms with van der Waals surface area (Å²) in [4.78, 5) is 2.06. The van der Waals surface area contributed by atoms with Gasteiger partial charge in [-0.05, 0) is 19.1 Å². The topological polar surface area (TPSA) is 41.6 Å². The molecule has 3 nitrogen and oxygen atoms in total. The number of hydrazone groups is 1. The lowest BCUT2D eigenvalue weighted by Gasteiger charge is -2.13. The highest BCUT2D eigenvalue weighted by Gasteiger charge is 2.07. The maximum atomic E-state index is 5.55. The van der Waals surface area contributed by atoms with Gasteiger partial charge in [0.15, 0.2) is 0 Å². The van der Waals surface area contributed by atoms with Crippen LogP contribution < -0.4 is 10.7 Å². The molecular formula is C16H19N3. The van der Waals surface area contributed by atoms with Crippen molar-refractivity contribution in [2.45, 2.75) is 6.92 Å². The fraction of sp³-hybridized carbons (Fsp3) is 0.188. The third kappa shape index (κ3) is 2.94. The number of aryl methyl sites for hydroxylation is 1. The largest absolute Gasteiger partial charge is 0.378 e. The van der Waals surface area contributed by atoms with E-state index >= 15 is 0 Å². The highest BCUT2D eigenvalue weighted by molar-refractivity contribution is 6.12. The summed E-state index contributed by atoms with van der Waals surface area (Å²) in [6, 6.07) is 16.4. The SMILES string of the molecule is Cc1ccc(/C(=N\N)c2ccc(N(C)C)cc2)cc1. The van der Waals surface area contributed by atoms with Gasteiger partial charge in [0.1, 0.15) is 0 Å². The summed E-state index contributed by atoms with van der Waals surface area (Å²) in [5.41, 5.74) is 5.25. The minimum atomic E-state index is 0.810. The van der Waals surface area contributed by atoms with Crippen LogP contribution >= 0.6 is 0 Å². The highest BCUT2D eigenvalue weighted by Crippen LogP contribution is 2.16. The molecule has 19 heavy (non-hydrogen) atoms. The Balaban J connectivity index is 2.35. The Kier molecular flexibility index (Phi) is 3.85. The molecule has 2 N–H and O–H groups in total. The molecule has 0 fully saturated rings. The standard InChI is InChI=1S/C16H19N3/c1-12-4-6-13(7-5-12)16(18-17)14-8-10-15(11-9-14)19(2)3/h4-11H,17H2,1-3H3/b18-16+. The smallest absolute Gasteiger partial charge is 0.0971 e. The lowest BCUT2D eigenvalue weighted by molar-refractivity contribution is 1.13. The minimum absolute atomic E-state index is 0.810. The second kappa shape index (κ2) is 5.57. The Morgan fingerprint density at radius 2 is 1.37 bits per heavy atom. The van der Waals surface area contributed by atoms with Crippen LogP contribution in [0.5, 0.6) is 0 Å². The van der Waals surface area contributed by atoms with Gasteiger partial charge in [-0.1, -0.05) is 42.0 Å². The van der Waals surface area contributed by atoms with Gasteiger partial charge in [-0.15, -0.1) is 0 Å². The maximum absolute atomic E-state index is 5.55. The van der Waals surface area contributed by atoms with Crippen molar-refractivity contribution in [2.75, 3.05) is 19.0 Å². The van der Waals surface area contributed by atoms with Gasteiger partial charge in [-0.3, -0.25) is 0 Å². The van der Waals surface area contributed by atoms with Crippen LogP contribution in [-0.4, -0.2) is 19.8 Å².